The summed E-state index contributed by atoms with van der Waals surface area (Å²) in [5, 5.41) is 0. The number of alkyl halides is 2. The lowest BCUT2D eigenvalue weighted by atomic mass is 9.82. The van der Waals surface area contributed by atoms with Crippen molar-refractivity contribution in [2.24, 2.45) is 5.92 Å². The molecule has 1 saturated carbocycles. The van der Waals surface area contributed by atoms with Gasteiger partial charge in [0.1, 0.15) is 0 Å². The number of carbonyl (C=O) groups excluding carboxylic acids is 1. The summed E-state index contributed by atoms with van der Waals surface area (Å²) >= 11 is 0. The van der Waals surface area contributed by atoms with E-state index in [9.17, 15) is 13.6 Å². The molecule has 0 aromatic heterocycles. The zero-order valence-corrected chi connectivity index (χ0v) is 8.43. The summed E-state index contributed by atoms with van der Waals surface area (Å²) < 4.78 is 26.6. The number of rotatable bonds is 3. The molecule has 0 aromatic rings. The van der Waals surface area contributed by atoms with E-state index in [0.29, 0.717) is 12.8 Å². The minimum absolute atomic E-state index is 0.00264. The highest BCUT2D eigenvalue weighted by Gasteiger charge is 2.41. The molecule has 14 heavy (non-hydrogen) atoms. The quantitative estimate of drug-likeness (QED) is 0.641. The van der Waals surface area contributed by atoms with Gasteiger partial charge in [-0.15, -0.1) is 0 Å². The largest absolute Gasteiger partial charge is 0.295 e. The van der Waals surface area contributed by atoms with Crippen LogP contribution < -0.4 is 0 Å². The average Bonchev–Trinajstić information content (AvgIpc) is 2.09. The summed E-state index contributed by atoms with van der Waals surface area (Å²) in [5.41, 5.74) is 0. The summed E-state index contributed by atoms with van der Waals surface area (Å²) in [6.45, 7) is 1.72. The van der Waals surface area contributed by atoms with Crippen molar-refractivity contribution in [1.29, 1.82) is 0 Å². The van der Waals surface area contributed by atoms with Gasteiger partial charge in [-0.25, -0.2) is 8.78 Å². The lowest BCUT2D eigenvalue weighted by molar-refractivity contribution is -0.124. The minimum Gasteiger partial charge on any atom is -0.295 e. The number of hydrogen-bond acceptors (Lipinski definition) is 1. The van der Waals surface area contributed by atoms with Crippen LogP contribution in [-0.4, -0.2) is 11.7 Å². The molecule has 0 radical (unpaired) electrons. The predicted molar refractivity (Wildman–Crippen MR) is 51.3 cm³/mol. The first-order chi connectivity index (χ1) is 6.56. The Balaban J connectivity index is 2.53. The molecule has 0 aromatic carbocycles. The van der Waals surface area contributed by atoms with Crippen LogP contribution in [0.25, 0.3) is 0 Å². The van der Waals surface area contributed by atoms with E-state index in [1.165, 1.54) is 6.08 Å². The number of allylic oxidation sites excluding steroid dienone is 2. The third-order valence-electron chi connectivity index (χ3n) is 2.71. The topological polar surface area (TPSA) is 17.1 Å². The molecule has 0 N–H and O–H groups in total. The van der Waals surface area contributed by atoms with E-state index < -0.39 is 11.8 Å². The van der Waals surface area contributed by atoms with Crippen LogP contribution in [0.1, 0.15) is 39.0 Å². The van der Waals surface area contributed by atoms with Crippen LogP contribution in [0.4, 0.5) is 8.78 Å². The second-order valence-electron chi connectivity index (χ2n) is 3.87. The third-order valence-corrected chi connectivity index (χ3v) is 2.71. The average molecular weight is 202 g/mol. The number of carbonyl (C=O) groups is 1. The molecule has 1 aliphatic carbocycles. The van der Waals surface area contributed by atoms with Crippen LogP contribution in [0.5, 0.6) is 0 Å². The first-order valence-corrected chi connectivity index (χ1v) is 5.09. The Kier molecular flexibility index (Phi) is 3.78. The van der Waals surface area contributed by atoms with Gasteiger partial charge >= 0.3 is 0 Å². The van der Waals surface area contributed by atoms with E-state index in [2.05, 4.69) is 0 Å². The fourth-order valence-corrected chi connectivity index (χ4v) is 1.91. The van der Waals surface area contributed by atoms with Gasteiger partial charge in [0.25, 0.3) is 5.92 Å². The SMILES string of the molecule is C/C=C/C(=O)CC1CCCCC1(F)F. The van der Waals surface area contributed by atoms with Crippen molar-refractivity contribution >= 4 is 5.78 Å². The maximum Gasteiger partial charge on any atom is 0.251 e. The summed E-state index contributed by atoms with van der Waals surface area (Å²) in [6.07, 6.45) is 4.81. The highest BCUT2D eigenvalue weighted by atomic mass is 19.3. The molecule has 1 unspecified atom stereocenters. The molecule has 0 saturated heterocycles. The molecular formula is C11H16F2O. The molecule has 1 fully saturated rings. The van der Waals surface area contributed by atoms with Crippen molar-refractivity contribution in [3.8, 4) is 0 Å². The van der Waals surface area contributed by atoms with Crippen LogP contribution in [-0.2, 0) is 4.79 Å². The fourth-order valence-electron chi connectivity index (χ4n) is 1.91. The molecule has 1 aliphatic rings. The van der Waals surface area contributed by atoms with Gasteiger partial charge in [0, 0.05) is 18.8 Å². The third kappa shape index (κ3) is 2.89. The fraction of sp³-hybridized carbons (Fsp3) is 0.727. The van der Waals surface area contributed by atoms with Gasteiger partial charge in [0.15, 0.2) is 5.78 Å². The summed E-state index contributed by atoms with van der Waals surface area (Å²) in [4.78, 5) is 11.2. The molecule has 0 spiro atoms. The van der Waals surface area contributed by atoms with E-state index in [1.54, 1.807) is 13.0 Å². The molecule has 80 valence electrons. The van der Waals surface area contributed by atoms with Crippen molar-refractivity contribution in [3.63, 3.8) is 0 Å². The summed E-state index contributed by atoms with van der Waals surface area (Å²) in [6, 6.07) is 0. The van der Waals surface area contributed by atoms with Crippen molar-refractivity contribution < 1.29 is 13.6 Å². The van der Waals surface area contributed by atoms with Crippen molar-refractivity contribution in [2.45, 2.75) is 45.0 Å². The van der Waals surface area contributed by atoms with E-state index in [1.807, 2.05) is 0 Å². The normalized spacial score (nSPS) is 26.6. The second-order valence-corrected chi connectivity index (χ2v) is 3.87. The lowest BCUT2D eigenvalue weighted by Gasteiger charge is -2.30. The number of hydrogen-bond donors (Lipinski definition) is 0. The zero-order valence-electron chi connectivity index (χ0n) is 8.43. The Morgan fingerprint density at radius 1 is 1.50 bits per heavy atom. The number of ketones is 1. The van der Waals surface area contributed by atoms with Crippen LogP contribution in [0.2, 0.25) is 0 Å². The Hall–Kier alpha value is -0.730. The minimum atomic E-state index is -2.63. The number of halogens is 2. The smallest absolute Gasteiger partial charge is 0.251 e. The van der Waals surface area contributed by atoms with Gasteiger partial charge in [-0.3, -0.25) is 4.79 Å². The van der Waals surface area contributed by atoms with Crippen LogP contribution in [0, 0.1) is 5.92 Å². The standard InChI is InChI=1S/C11H16F2O/c1-2-5-10(14)8-9-6-3-4-7-11(9,12)13/h2,5,9H,3-4,6-8H2,1H3/b5-2+. The van der Waals surface area contributed by atoms with Crippen molar-refractivity contribution in [3.05, 3.63) is 12.2 Å². The van der Waals surface area contributed by atoms with Gasteiger partial charge in [-0.1, -0.05) is 12.5 Å². The summed E-state index contributed by atoms with van der Waals surface area (Å²) in [5.74, 6) is -3.55. The molecular weight excluding hydrogens is 186 g/mol. The van der Waals surface area contributed by atoms with Gasteiger partial charge in [0.2, 0.25) is 0 Å². The molecule has 0 bridgehead atoms. The van der Waals surface area contributed by atoms with Gasteiger partial charge in [0.05, 0.1) is 0 Å². The van der Waals surface area contributed by atoms with Crippen molar-refractivity contribution in [1.82, 2.24) is 0 Å². The van der Waals surface area contributed by atoms with E-state index in [-0.39, 0.29) is 18.6 Å². The van der Waals surface area contributed by atoms with Gasteiger partial charge in [-0.05, 0) is 25.8 Å². The molecule has 0 heterocycles. The molecule has 1 nitrogen and oxygen atoms in total. The second kappa shape index (κ2) is 4.67. The summed E-state index contributed by atoms with van der Waals surface area (Å²) in [7, 11) is 0. The van der Waals surface area contributed by atoms with Gasteiger partial charge < -0.3 is 0 Å². The van der Waals surface area contributed by atoms with E-state index >= 15 is 0 Å². The van der Waals surface area contributed by atoms with Crippen LogP contribution in [0.15, 0.2) is 12.2 Å². The Bertz CT molecular complexity index is 233. The zero-order chi connectivity index (χ0) is 10.6. The molecule has 1 atom stereocenters. The predicted octanol–water partition coefficient (Wildman–Crippen LogP) is 3.35. The monoisotopic (exact) mass is 202 g/mol. The maximum atomic E-state index is 13.3. The van der Waals surface area contributed by atoms with Crippen molar-refractivity contribution in [2.75, 3.05) is 0 Å². The highest BCUT2D eigenvalue weighted by Crippen LogP contribution is 2.40. The Morgan fingerprint density at radius 3 is 2.79 bits per heavy atom. The van der Waals surface area contributed by atoms with E-state index in [0.717, 1.165) is 6.42 Å². The molecule has 0 amide bonds. The Labute approximate surface area is 83.2 Å². The van der Waals surface area contributed by atoms with Gasteiger partial charge in [-0.2, -0.15) is 0 Å². The lowest BCUT2D eigenvalue weighted by Crippen LogP contribution is -2.33. The molecule has 0 aliphatic heterocycles. The van der Waals surface area contributed by atoms with Crippen LogP contribution >= 0.6 is 0 Å². The molecule has 3 heteroatoms. The highest BCUT2D eigenvalue weighted by molar-refractivity contribution is 5.89. The molecule has 1 rings (SSSR count). The van der Waals surface area contributed by atoms with Crippen LogP contribution in [0.3, 0.4) is 0 Å². The maximum absolute atomic E-state index is 13.3. The Morgan fingerprint density at radius 2 is 2.21 bits per heavy atom. The first-order valence-electron chi connectivity index (χ1n) is 5.09. The first kappa shape index (κ1) is 11.3. The van der Waals surface area contributed by atoms with E-state index in [4.69, 9.17) is 0 Å².